The molecule has 1 N–H and O–H groups in total. The summed E-state index contributed by atoms with van der Waals surface area (Å²) in [4.78, 5) is 27.1. The highest BCUT2D eigenvalue weighted by atomic mass is 16.2. The van der Waals surface area contributed by atoms with Crippen LogP contribution in [0.4, 0.5) is 4.79 Å². The Morgan fingerprint density at radius 3 is 2.11 bits per heavy atom. The van der Waals surface area contributed by atoms with Crippen LogP contribution in [-0.4, -0.2) is 53.5 Å². The van der Waals surface area contributed by atoms with Gasteiger partial charge in [0.15, 0.2) is 0 Å². The molecular weight excluding hydrogens is 242 g/mol. The predicted octanol–water partition coefficient (Wildman–Crippen LogP) is 1.34. The fraction of sp³-hybridized carbons (Fsp3) is 0.857. The first-order valence-corrected chi connectivity index (χ1v) is 7.59. The van der Waals surface area contributed by atoms with Crippen LogP contribution < -0.4 is 5.32 Å². The topological polar surface area (TPSA) is 52.7 Å². The molecule has 0 aromatic carbocycles. The molecule has 2 aliphatic heterocycles. The molecule has 1 aliphatic carbocycles. The van der Waals surface area contributed by atoms with Crippen LogP contribution in [0.15, 0.2) is 0 Å². The van der Waals surface area contributed by atoms with Crippen molar-refractivity contribution in [3.05, 3.63) is 0 Å². The van der Waals surface area contributed by atoms with Crippen LogP contribution in [0.3, 0.4) is 0 Å². The van der Waals surface area contributed by atoms with Gasteiger partial charge in [0.2, 0.25) is 5.91 Å². The Kier molecular flexibility index (Phi) is 3.73. The third-order valence-electron chi connectivity index (χ3n) is 4.73. The Morgan fingerprint density at radius 2 is 1.53 bits per heavy atom. The minimum atomic E-state index is -0.202. The summed E-state index contributed by atoms with van der Waals surface area (Å²) in [7, 11) is 0. The van der Waals surface area contributed by atoms with Crippen molar-refractivity contribution in [2.45, 2.75) is 57.0 Å². The molecule has 0 unspecified atom stereocenters. The van der Waals surface area contributed by atoms with Gasteiger partial charge in [-0.15, -0.1) is 0 Å². The van der Waals surface area contributed by atoms with Crippen molar-refractivity contribution in [3.63, 3.8) is 0 Å². The second-order valence-electron chi connectivity index (χ2n) is 6.03. The van der Waals surface area contributed by atoms with Crippen LogP contribution in [0.1, 0.15) is 44.9 Å². The van der Waals surface area contributed by atoms with Crippen molar-refractivity contribution < 1.29 is 9.59 Å². The first kappa shape index (κ1) is 12.9. The van der Waals surface area contributed by atoms with Gasteiger partial charge in [-0.25, -0.2) is 4.79 Å². The molecule has 19 heavy (non-hydrogen) atoms. The summed E-state index contributed by atoms with van der Waals surface area (Å²) in [6.45, 7) is 1.94. The third kappa shape index (κ3) is 2.61. The van der Waals surface area contributed by atoms with Crippen LogP contribution in [-0.2, 0) is 4.79 Å². The van der Waals surface area contributed by atoms with Gasteiger partial charge in [-0.3, -0.25) is 14.6 Å². The van der Waals surface area contributed by atoms with E-state index in [0.717, 1.165) is 13.1 Å². The number of hydrogen-bond donors (Lipinski definition) is 1. The molecule has 0 bridgehead atoms. The highest BCUT2D eigenvalue weighted by molar-refractivity contribution is 6.02. The molecule has 3 aliphatic rings. The van der Waals surface area contributed by atoms with Crippen LogP contribution in [0.5, 0.6) is 0 Å². The van der Waals surface area contributed by atoms with Crippen LogP contribution in [0.2, 0.25) is 0 Å². The molecular formula is C14H23N3O2. The molecule has 106 valence electrons. The number of urea groups is 1. The Balaban J connectivity index is 1.51. The van der Waals surface area contributed by atoms with Crippen molar-refractivity contribution in [1.29, 1.82) is 0 Å². The maximum atomic E-state index is 11.6. The van der Waals surface area contributed by atoms with E-state index < -0.39 is 0 Å². The lowest BCUT2D eigenvalue weighted by atomic mass is 9.92. The second kappa shape index (κ2) is 5.49. The van der Waals surface area contributed by atoms with Crippen LogP contribution >= 0.6 is 0 Å². The lowest BCUT2D eigenvalue weighted by molar-refractivity contribution is -0.129. The predicted molar refractivity (Wildman–Crippen MR) is 71.7 cm³/mol. The molecule has 3 rings (SSSR count). The van der Waals surface area contributed by atoms with Crippen molar-refractivity contribution in [3.8, 4) is 0 Å². The number of rotatable bonds is 2. The van der Waals surface area contributed by atoms with Gasteiger partial charge < -0.3 is 5.32 Å². The molecule has 5 nitrogen and oxygen atoms in total. The number of amides is 3. The lowest BCUT2D eigenvalue weighted by Crippen LogP contribution is -2.63. The standard InChI is InChI=1S/C14H23N3O2/c18-13-8-15-14(19)17(13)12-9-16(10-12)11-6-4-2-1-3-5-7-11/h11-12H,1-10H2,(H,15,19). The summed E-state index contributed by atoms with van der Waals surface area (Å²) in [5.41, 5.74) is 0. The number of nitrogens with one attached hydrogen (secondary N) is 1. The van der Waals surface area contributed by atoms with E-state index in [1.807, 2.05) is 0 Å². The molecule has 1 saturated carbocycles. The van der Waals surface area contributed by atoms with E-state index in [1.54, 1.807) is 0 Å². The van der Waals surface area contributed by atoms with Crippen molar-refractivity contribution in [1.82, 2.24) is 15.1 Å². The molecule has 0 spiro atoms. The van der Waals surface area contributed by atoms with Gasteiger partial charge in [0.25, 0.3) is 0 Å². The maximum Gasteiger partial charge on any atom is 0.324 e. The van der Waals surface area contributed by atoms with Gasteiger partial charge in [-0.1, -0.05) is 32.1 Å². The highest BCUT2D eigenvalue weighted by Gasteiger charge is 2.42. The Hall–Kier alpha value is -1.10. The molecule has 2 heterocycles. The quantitative estimate of drug-likeness (QED) is 0.767. The summed E-state index contributed by atoms with van der Waals surface area (Å²) in [5.74, 6) is -0.0627. The average Bonchev–Trinajstić information content (AvgIpc) is 2.61. The zero-order valence-electron chi connectivity index (χ0n) is 11.4. The SMILES string of the molecule is O=C1CNC(=O)N1C1CN(C2CCCCCCC2)C1. The van der Waals surface area contributed by atoms with Gasteiger partial charge in [-0.2, -0.15) is 0 Å². The fourth-order valence-corrected chi connectivity index (χ4v) is 3.55. The fourth-order valence-electron chi connectivity index (χ4n) is 3.55. The summed E-state index contributed by atoms with van der Waals surface area (Å²) in [6, 6.07) is 0.588. The average molecular weight is 265 g/mol. The van der Waals surface area contributed by atoms with Crippen LogP contribution in [0, 0.1) is 0 Å². The number of hydrogen-bond acceptors (Lipinski definition) is 3. The van der Waals surface area contributed by atoms with E-state index in [1.165, 1.54) is 49.8 Å². The number of carbonyl (C=O) groups is 2. The van der Waals surface area contributed by atoms with E-state index in [-0.39, 0.29) is 24.5 Å². The minimum Gasteiger partial charge on any atom is -0.329 e. The Labute approximate surface area is 114 Å². The second-order valence-corrected chi connectivity index (χ2v) is 6.03. The summed E-state index contributed by atoms with van der Waals surface area (Å²) >= 11 is 0. The number of carbonyl (C=O) groups excluding carboxylic acids is 2. The first-order chi connectivity index (χ1) is 9.25. The maximum absolute atomic E-state index is 11.6. The largest absolute Gasteiger partial charge is 0.329 e. The lowest BCUT2D eigenvalue weighted by Gasteiger charge is -2.47. The smallest absolute Gasteiger partial charge is 0.324 e. The molecule has 0 atom stereocenters. The van der Waals surface area contributed by atoms with Crippen molar-refractivity contribution >= 4 is 11.9 Å². The number of imide groups is 1. The molecule has 0 radical (unpaired) electrons. The minimum absolute atomic E-state index is 0.0627. The molecule has 3 fully saturated rings. The van der Waals surface area contributed by atoms with Crippen LogP contribution in [0.25, 0.3) is 0 Å². The monoisotopic (exact) mass is 265 g/mol. The molecule has 5 heteroatoms. The normalized spacial score (nSPS) is 27.9. The zero-order valence-corrected chi connectivity index (χ0v) is 11.4. The van der Waals surface area contributed by atoms with E-state index in [2.05, 4.69) is 10.2 Å². The van der Waals surface area contributed by atoms with E-state index in [0.29, 0.717) is 6.04 Å². The van der Waals surface area contributed by atoms with Gasteiger partial charge in [0, 0.05) is 19.1 Å². The van der Waals surface area contributed by atoms with Crippen molar-refractivity contribution in [2.24, 2.45) is 0 Å². The molecule has 3 amide bonds. The Bertz CT molecular complexity index is 342. The van der Waals surface area contributed by atoms with Gasteiger partial charge in [-0.05, 0) is 12.8 Å². The number of nitrogens with zero attached hydrogens (tertiary/aromatic N) is 2. The first-order valence-electron chi connectivity index (χ1n) is 7.59. The molecule has 0 aromatic heterocycles. The molecule has 2 saturated heterocycles. The highest BCUT2D eigenvalue weighted by Crippen LogP contribution is 2.27. The zero-order chi connectivity index (χ0) is 13.2. The molecule has 0 aromatic rings. The van der Waals surface area contributed by atoms with Crippen molar-refractivity contribution in [2.75, 3.05) is 19.6 Å². The van der Waals surface area contributed by atoms with Gasteiger partial charge >= 0.3 is 6.03 Å². The summed E-state index contributed by atoms with van der Waals surface area (Å²) in [6.07, 6.45) is 9.34. The van der Waals surface area contributed by atoms with Gasteiger partial charge in [0.05, 0.1) is 12.6 Å². The van der Waals surface area contributed by atoms with E-state index in [4.69, 9.17) is 0 Å². The van der Waals surface area contributed by atoms with E-state index in [9.17, 15) is 9.59 Å². The van der Waals surface area contributed by atoms with Gasteiger partial charge in [0.1, 0.15) is 0 Å². The summed E-state index contributed by atoms with van der Waals surface area (Å²) < 4.78 is 0. The Morgan fingerprint density at radius 1 is 0.895 bits per heavy atom. The summed E-state index contributed by atoms with van der Waals surface area (Å²) in [5, 5.41) is 2.60. The van der Waals surface area contributed by atoms with E-state index >= 15 is 0 Å². The third-order valence-corrected chi connectivity index (χ3v) is 4.73. The number of likely N-dealkylation sites (tertiary alicyclic amines) is 1.